The van der Waals surface area contributed by atoms with Crippen molar-refractivity contribution in [2.24, 2.45) is 0 Å². The van der Waals surface area contributed by atoms with E-state index < -0.39 is 0 Å². The van der Waals surface area contributed by atoms with Gasteiger partial charge in [0.25, 0.3) is 5.91 Å². The second kappa shape index (κ2) is 12.4. The van der Waals surface area contributed by atoms with Gasteiger partial charge in [0, 0.05) is 24.7 Å². The molecule has 1 aliphatic heterocycles. The maximum Gasteiger partial charge on any atom is 0.254 e. The molecule has 1 aromatic carbocycles. The average molecular weight is 465 g/mol. The Labute approximate surface area is 202 Å². The van der Waals surface area contributed by atoms with Gasteiger partial charge in [0.15, 0.2) is 5.88 Å². The first-order valence-electron chi connectivity index (χ1n) is 12.6. The molecule has 0 unspecified atom stereocenters. The number of nitrogens with zero attached hydrogens (tertiary/aromatic N) is 2. The van der Waals surface area contributed by atoms with Gasteiger partial charge in [0.1, 0.15) is 17.3 Å². The lowest BCUT2D eigenvalue weighted by Gasteiger charge is -2.26. The van der Waals surface area contributed by atoms with Crippen molar-refractivity contribution in [3.63, 3.8) is 0 Å². The summed E-state index contributed by atoms with van der Waals surface area (Å²) in [5, 5.41) is 0. The van der Waals surface area contributed by atoms with Crippen molar-refractivity contribution in [1.82, 2.24) is 4.90 Å². The van der Waals surface area contributed by atoms with Crippen molar-refractivity contribution in [2.75, 3.05) is 24.6 Å². The molecule has 1 fully saturated rings. The Morgan fingerprint density at radius 1 is 0.941 bits per heavy atom. The normalized spacial score (nSPS) is 13.7. The van der Waals surface area contributed by atoms with Gasteiger partial charge in [0.2, 0.25) is 0 Å². The summed E-state index contributed by atoms with van der Waals surface area (Å²) >= 11 is 0. The van der Waals surface area contributed by atoms with Gasteiger partial charge in [-0.3, -0.25) is 4.79 Å². The van der Waals surface area contributed by atoms with Crippen LogP contribution in [-0.2, 0) is 13.1 Å². The first kappa shape index (κ1) is 24.0. The lowest BCUT2D eigenvalue weighted by molar-refractivity contribution is 0.0705. The molecule has 0 radical (unpaired) electrons. The van der Waals surface area contributed by atoms with Crippen LogP contribution in [0.5, 0.6) is 5.75 Å². The van der Waals surface area contributed by atoms with E-state index >= 15 is 0 Å². The Balaban J connectivity index is 1.41. The van der Waals surface area contributed by atoms with Crippen LogP contribution in [0.1, 0.15) is 73.7 Å². The van der Waals surface area contributed by atoms with Gasteiger partial charge in [-0.05, 0) is 68.1 Å². The van der Waals surface area contributed by atoms with Crippen LogP contribution in [0.4, 0.5) is 5.88 Å². The molecule has 34 heavy (non-hydrogen) atoms. The quantitative estimate of drug-likeness (QED) is 0.280. The fraction of sp³-hybridized carbons (Fsp3) is 0.464. The molecule has 1 saturated heterocycles. The number of amides is 1. The molecule has 4 rings (SSSR count). The van der Waals surface area contributed by atoms with Crippen LogP contribution in [0, 0.1) is 0 Å². The Bertz CT molecular complexity index is 988. The molecule has 0 spiro atoms. The molecule has 1 aliphatic rings. The molecular weight excluding hydrogens is 428 g/mol. The van der Waals surface area contributed by atoms with Gasteiger partial charge in [-0.2, -0.15) is 0 Å². The van der Waals surface area contributed by atoms with Crippen LogP contribution < -0.4 is 9.64 Å². The van der Waals surface area contributed by atoms with Gasteiger partial charge in [-0.1, -0.05) is 26.2 Å². The molecule has 0 aliphatic carbocycles. The van der Waals surface area contributed by atoms with E-state index in [4.69, 9.17) is 13.6 Å². The molecule has 0 atom stereocenters. The molecule has 182 valence electrons. The van der Waals surface area contributed by atoms with E-state index in [0.717, 1.165) is 42.7 Å². The summed E-state index contributed by atoms with van der Waals surface area (Å²) in [4.78, 5) is 17.5. The summed E-state index contributed by atoms with van der Waals surface area (Å²) in [6, 6.07) is 15.1. The number of benzene rings is 1. The third-order valence-corrected chi connectivity index (χ3v) is 6.24. The molecule has 2 aromatic heterocycles. The van der Waals surface area contributed by atoms with E-state index in [1.54, 1.807) is 11.2 Å². The number of hydrogen-bond donors (Lipinski definition) is 0. The Hall–Kier alpha value is -3.15. The molecule has 6 heteroatoms. The summed E-state index contributed by atoms with van der Waals surface area (Å²) in [5.74, 6) is 3.13. The van der Waals surface area contributed by atoms with Crippen molar-refractivity contribution < 1.29 is 18.4 Å². The molecule has 3 heterocycles. The van der Waals surface area contributed by atoms with E-state index in [9.17, 15) is 4.79 Å². The number of carbonyl (C=O) groups excluding carboxylic acids is 1. The molecule has 0 saturated carbocycles. The summed E-state index contributed by atoms with van der Waals surface area (Å²) in [5.41, 5.74) is 0.618. The van der Waals surface area contributed by atoms with Crippen LogP contribution in [0.25, 0.3) is 0 Å². The van der Waals surface area contributed by atoms with Crippen LogP contribution in [-0.4, -0.2) is 30.5 Å². The molecule has 0 N–H and O–H groups in total. The number of unbranched alkanes of at least 4 members (excludes halogenated alkanes) is 3. The summed E-state index contributed by atoms with van der Waals surface area (Å²) in [6.45, 7) is 5.70. The SMILES string of the molecule is CCCCCCOc1ccc(C(=O)N(Cc2ccco2)Cc2ccc(N3CCCCC3)o2)cc1. The van der Waals surface area contributed by atoms with Gasteiger partial charge >= 0.3 is 0 Å². The number of ether oxygens (including phenoxy) is 1. The number of carbonyl (C=O) groups is 1. The molecular formula is C28H36N2O4. The maximum absolute atomic E-state index is 13.4. The highest BCUT2D eigenvalue weighted by Gasteiger charge is 2.21. The molecule has 6 nitrogen and oxygen atoms in total. The van der Waals surface area contributed by atoms with Gasteiger partial charge < -0.3 is 23.4 Å². The van der Waals surface area contributed by atoms with Crippen molar-refractivity contribution in [2.45, 2.75) is 65.0 Å². The highest BCUT2D eigenvalue weighted by atomic mass is 16.5. The highest BCUT2D eigenvalue weighted by Crippen LogP contribution is 2.25. The Morgan fingerprint density at radius 3 is 2.47 bits per heavy atom. The summed E-state index contributed by atoms with van der Waals surface area (Å²) < 4.78 is 17.5. The van der Waals surface area contributed by atoms with E-state index in [-0.39, 0.29) is 5.91 Å². The third-order valence-electron chi connectivity index (χ3n) is 6.24. The van der Waals surface area contributed by atoms with E-state index in [1.165, 1.54) is 38.5 Å². The Kier molecular flexibility index (Phi) is 8.71. The second-order valence-corrected chi connectivity index (χ2v) is 8.96. The monoisotopic (exact) mass is 464 g/mol. The third kappa shape index (κ3) is 6.69. The van der Waals surface area contributed by atoms with Crippen LogP contribution in [0.3, 0.4) is 0 Å². The zero-order valence-corrected chi connectivity index (χ0v) is 20.2. The molecule has 1 amide bonds. The first-order chi connectivity index (χ1) is 16.7. The lowest BCUT2D eigenvalue weighted by Crippen LogP contribution is -2.30. The van der Waals surface area contributed by atoms with Gasteiger partial charge in [0.05, 0.1) is 26.0 Å². The maximum atomic E-state index is 13.4. The van der Waals surface area contributed by atoms with Gasteiger partial charge in [-0.25, -0.2) is 0 Å². The fourth-order valence-corrected chi connectivity index (χ4v) is 4.31. The summed E-state index contributed by atoms with van der Waals surface area (Å²) in [6.07, 6.45) is 9.97. The lowest BCUT2D eigenvalue weighted by atomic mass is 10.1. The van der Waals surface area contributed by atoms with Gasteiger partial charge in [-0.15, -0.1) is 0 Å². The standard InChI is InChI=1S/C28H36N2O4/c1-2-3-4-8-19-32-24-13-11-23(12-14-24)28(31)30(21-25-10-9-20-33-25)22-26-15-16-27(34-26)29-17-6-5-7-18-29/h9-16,20H,2-8,17-19,21-22H2,1H3. The minimum Gasteiger partial charge on any atom is -0.494 e. The van der Waals surface area contributed by atoms with E-state index in [1.807, 2.05) is 48.5 Å². The average Bonchev–Trinajstić information content (AvgIpc) is 3.56. The number of anilines is 1. The van der Waals surface area contributed by atoms with Crippen LogP contribution in [0.2, 0.25) is 0 Å². The van der Waals surface area contributed by atoms with E-state index in [2.05, 4.69) is 11.8 Å². The zero-order chi connectivity index (χ0) is 23.6. The minimum absolute atomic E-state index is 0.0678. The number of furan rings is 2. The summed E-state index contributed by atoms with van der Waals surface area (Å²) in [7, 11) is 0. The van der Waals surface area contributed by atoms with Crippen molar-refractivity contribution in [1.29, 1.82) is 0 Å². The number of rotatable bonds is 12. The smallest absolute Gasteiger partial charge is 0.254 e. The highest BCUT2D eigenvalue weighted by molar-refractivity contribution is 5.94. The fourth-order valence-electron chi connectivity index (χ4n) is 4.31. The number of hydrogen-bond acceptors (Lipinski definition) is 5. The Morgan fingerprint density at radius 2 is 1.74 bits per heavy atom. The molecule has 3 aromatic rings. The van der Waals surface area contributed by atoms with Crippen molar-refractivity contribution >= 4 is 11.8 Å². The number of piperidine rings is 1. The predicted octanol–water partition coefficient (Wildman–Crippen LogP) is 6.66. The molecule has 0 bridgehead atoms. The van der Waals surface area contributed by atoms with Crippen LogP contribution in [0.15, 0.2) is 63.6 Å². The second-order valence-electron chi connectivity index (χ2n) is 8.96. The van der Waals surface area contributed by atoms with E-state index in [0.29, 0.717) is 25.3 Å². The van der Waals surface area contributed by atoms with Crippen molar-refractivity contribution in [3.05, 3.63) is 71.9 Å². The minimum atomic E-state index is -0.0678. The van der Waals surface area contributed by atoms with Crippen molar-refractivity contribution in [3.8, 4) is 5.75 Å². The predicted molar refractivity (Wildman–Crippen MR) is 133 cm³/mol. The topological polar surface area (TPSA) is 59.1 Å². The zero-order valence-electron chi connectivity index (χ0n) is 20.2. The largest absolute Gasteiger partial charge is 0.494 e. The van der Waals surface area contributed by atoms with Crippen LogP contribution >= 0.6 is 0 Å². The first-order valence-corrected chi connectivity index (χ1v) is 12.6.